The molecule has 0 bridgehead atoms. The first-order valence-electron chi connectivity index (χ1n) is 9.68. The molecule has 2 heterocycles. The van der Waals surface area contributed by atoms with Crippen LogP contribution in [-0.2, 0) is 42.2 Å². The molecule has 168 valence electrons. The molecule has 1 aliphatic heterocycles. The summed E-state index contributed by atoms with van der Waals surface area (Å²) in [6.07, 6.45) is -0.511. The van der Waals surface area contributed by atoms with Crippen LogP contribution in [0.2, 0.25) is 0 Å². The van der Waals surface area contributed by atoms with Crippen LogP contribution in [0.25, 0.3) is 0 Å². The van der Waals surface area contributed by atoms with E-state index in [0.717, 1.165) is 21.4 Å². The van der Waals surface area contributed by atoms with Crippen molar-refractivity contribution in [3.63, 3.8) is 0 Å². The van der Waals surface area contributed by atoms with Crippen molar-refractivity contribution in [2.24, 2.45) is 5.10 Å². The van der Waals surface area contributed by atoms with Crippen molar-refractivity contribution in [3.05, 3.63) is 52.3 Å². The standard InChI is InChI=1S/C19H22F3N5O3S/c1-26-17(4-5-23-26)31(29,30)25-16-7-13-3-2-12(6-14(13)8-16)9-27-10-15(11-28)18(24-27)19(20,21)22/h2-3,5-6,10,16-17,25,28H,4,7-9,11H2,1H3/t16-,17?/m1/s1. The molecule has 0 saturated heterocycles. The first kappa shape index (κ1) is 21.8. The van der Waals surface area contributed by atoms with Gasteiger partial charge in [-0.1, -0.05) is 18.2 Å². The summed E-state index contributed by atoms with van der Waals surface area (Å²) in [5.41, 5.74) is 1.33. The summed E-state index contributed by atoms with van der Waals surface area (Å²) in [7, 11) is -1.97. The van der Waals surface area contributed by atoms with Gasteiger partial charge in [0.05, 0.1) is 13.2 Å². The number of rotatable bonds is 6. The normalized spacial score (nSPS) is 21.1. The van der Waals surface area contributed by atoms with Gasteiger partial charge in [-0.3, -0.25) is 9.69 Å². The second kappa shape index (κ2) is 7.92. The van der Waals surface area contributed by atoms with E-state index in [4.69, 9.17) is 0 Å². The van der Waals surface area contributed by atoms with E-state index in [1.54, 1.807) is 19.3 Å². The van der Waals surface area contributed by atoms with Gasteiger partial charge >= 0.3 is 6.18 Å². The van der Waals surface area contributed by atoms with Crippen molar-refractivity contribution in [1.29, 1.82) is 0 Å². The monoisotopic (exact) mass is 457 g/mol. The molecule has 1 aromatic carbocycles. The molecule has 1 aliphatic carbocycles. The maximum atomic E-state index is 13.0. The molecule has 2 N–H and O–H groups in total. The number of sulfonamides is 1. The Kier molecular flexibility index (Phi) is 5.56. The molecule has 12 heteroatoms. The smallest absolute Gasteiger partial charge is 0.392 e. The van der Waals surface area contributed by atoms with Gasteiger partial charge in [0.15, 0.2) is 11.1 Å². The van der Waals surface area contributed by atoms with Crippen LogP contribution in [0.15, 0.2) is 29.5 Å². The minimum absolute atomic E-state index is 0.108. The number of hydrazone groups is 1. The zero-order valence-corrected chi connectivity index (χ0v) is 17.5. The topological polar surface area (TPSA) is 99.8 Å². The van der Waals surface area contributed by atoms with E-state index >= 15 is 0 Å². The van der Waals surface area contributed by atoms with Crippen molar-refractivity contribution >= 4 is 16.2 Å². The van der Waals surface area contributed by atoms with E-state index in [9.17, 15) is 26.7 Å². The Labute approximate surface area is 177 Å². The van der Waals surface area contributed by atoms with Crippen molar-refractivity contribution < 1.29 is 26.7 Å². The van der Waals surface area contributed by atoms with Crippen molar-refractivity contribution in [2.75, 3.05) is 7.05 Å². The van der Waals surface area contributed by atoms with E-state index in [1.807, 2.05) is 12.1 Å². The zero-order chi connectivity index (χ0) is 22.4. The number of aromatic nitrogens is 2. The minimum atomic E-state index is -4.63. The van der Waals surface area contributed by atoms with Gasteiger partial charge in [-0.2, -0.15) is 23.4 Å². The average molecular weight is 457 g/mol. The molecule has 31 heavy (non-hydrogen) atoms. The van der Waals surface area contributed by atoms with E-state index < -0.39 is 33.9 Å². The summed E-state index contributed by atoms with van der Waals surface area (Å²) < 4.78 is 68.3. The van der Waals surface area contributed by atoms with Crippen LogP contribution >= 0.6 is 0 Å². The lowest BCUT2D eigenvalue weighted by atomic mass is 10.1. The molecule has 1 aromatic heterocycles. The number of aliphatic hydroxyl groups is 1. The highest BCUT2D eigenvalue weighted by Gasteiger charge is 2.37. The SMILES string of the molecule is CN1N=CCC1S(=O)(=O)N[C@@H]1Cc2ccc(Cn3cc(CO)c(C(F)(F)F)n3)cc2C1. The second-order valence-corrected chi connectivity index (χ2v) is 9.66. The van der Waals surface area contributed by atoms with Crippen LogP contribution in [0.3, 0.4) is 0 Å². The van der Waals surface area contributed by atoms with E-state index in [-0.39, 0.29) is 18.2 Å². The fraction of sp³-hybridized carbons (Fsp3) is 0.474. The number of hydrogen-bond acceptors (Lipinski definition) is 6. The molecule has 0 fully saturated rings. The highest BCUT2D eigenvalue weighted by Crippen LogP contribution is 2.31. The fourth-order valence-electron chi connectivity index (χ4n) is 4.07. The number of alkyl halides is 3. The van der Waals surface area contributed by atoms with Gasteiger partial charge in [0.1, 0.15) is 0 Å². The lowest BCUT2D eigenvalue weighted by Gasteiger charge is -2.22. The molecular formula is C19H22F3N5O3S. The summed E-state index contributed by atoms with van der Waals surface area (Å²) in [6, 6.07) is 5.24. The maximum Gasteiger partial charge on any atom is 0.435 e. The Hall–Kier alpha value is -2.44. The first-order chi connectivity index (χ1) is 14.6. The van der Waals surface area contributed by atoms with Gasteiger partial charge in [0.25, 0.3) is 0 Å². The Morgan fingerprint density at radius 1 is 1.26 bits per heavy atom. The number of hydrogen-bond donors (Lipinski definition) is 2. The van der Waals surface area contributed by atoms with Crippen LogP contribution in [0.4, 0.5) is 13.2 Å². The van der Waals surface area contributed by atoms with Crippen LogP contribution in [0.5, 0.6) is 0 Å². The number of nitrogens with zero attached hydrogens (tertiary/aromatic N) is 4. The number of benzene rings is 1. The largest absolute Gasteiger partial charge is 0.435 e. The molecule has 1 unspecified atom stereocenters. The number of halogens is 3. The lowest BCUT2D eigenvalue weighted by molar-refractivity contribution is -0.142. The van der Waals surface area contributed by atoms with Crippen LogP contribution < -0.4 is 4.72 Å². The summed E-state index contributed by atoms with van der Waals surface area (Å²) >= 11 is 0. The summed E-state index contributed by atoms with van der Waals surface area (Å²) in [4.78, 5) is 0. The molecule has 2 aliphatic rings. The highest BCUT2D eigenvalue weighted by molar-refractivity contribution is 7.90. The fourth-order valence-corrected chi connectivity index (χ4v) is 5.65. The Balaban J connectivity index is 1.46. The van der Waals surface area contributed by atoms with Crippen LogP contribution in [0.1, 0.15) is 34.4 Å². The van der Waals surface area contributed by atoms with Gasteiger partial charge in [-0.25, -0.2) is 13.1 Å². The van der Waals surface area contributed by atoms with Gasteiger partial charge in [-0.15, -0.1) is 0 Å². The molecule has 0 amide bonds. The molecule has 4 rings (SSSR count). The Morgan fingerprint density at radius 3 is 2.61 bits per heavy atom. The third-order valence-electron chi connectivity index (χ3n) is 5.50. The molecule has 0 spiro atoms. The molecule has 0 radical (unpaired) electrons. The lowest BCUT2D eigenvalue weighted by Crippen LogP contribution is -2.45. The van der Waals surface area contributed by atoms with Crippen LogP contribution in [-0.4, -0.2) is 53.0 Å². The molecule has 0 saturated carbocycles. The molecule has 2 aromatic rings. The van der Waals surface area contributed by atoms with Crippen molar-refractivity contribution in [3.8, 4) is 0 Å². The third-order valence-corrected chi connectivity index (χ3v) is 7.38. The average Bonchev–Trinajstić information content (AvgIpc) is 3.38. The second-order valence-electron chi connectivity index (χ2n) is 7.79. The van der Waals surface area contributed by atoms with Crippen molar-refractivity contribution in [1.82, 2.24) is 19.5 Å². The van der Waals surface area contributed by atoms with Crippen molar-refractivity contribution in [2.45, 2.75) is 50.0 Å². The third kappa shape index (κ3) is 4.46. The number of fused-ring (bicyclic) bond motifs is 1. The van der Waals surface area contributed by atoms with E-state index in [2.05, 4.69) is 14.9 Å². The minimum Gasteiger partial charge on any atom is -0.392 e. The molecule has 8 nitrogen and oxygen atoms in total. The van der Waals surface area contributed by atoms with Gasteiger partial charge in [0.2, 0.25) is 10.0 Å². The van der Waals surface area contributed by atoms with E-state index in [0.29, 0.717) is 19.3 Å². The first-order valence-corrected chi connectivity index (χ1v) is 11.2. The summed E-state index contributed by atoms with van der Waals surface area (Å²) in [5.74, 6) is 0. The summed E-state index contributed by atoms with van der Waals surface area (Å²) in [6.45, 7) is -0.640. The zero-order valence-electron chi connectivity index (χ0n) is 16.7. The number of nitrogens with one attached hydrogen (secondary N) is 1. The Morgan fingerprint density at radius 2 is 2.00 bits per heavy atom. The number of aliphatic hydroxyl groups excluding tert-OH is 1. The predicted molar refractivity (Wildman–Crippen MR) is 107 cm³/mol. The quantitative estimate of drug-likeness (QED) is 0.685. The van der Waals surface area contributed by atoms with E-state index in [1.165, 1.54) is 11.2 Å². The predicted octanol–water partition coefficient (Wildman–Crippen LogP) is 1.48. The molecular weight excluding hydrogens is 435 g/mol. The van der Waals surface area contributed by atoms with Gasteiger partial charge < -0.3 is 5.11 Å². The van der Waals surface area contributed by atoms with Crippen LogP contribution in [0, 0.1) is 0 Å². The Bertz CT molecular complexity index is 1110. The maximum absolute atomic E-state index is 13.0. The highest BCUT2D eigenvalue weighted by atomic mass is 32.2. The van der Waals surface area contributed by atoms with Gasteiger partial charge in [0, 0.05) is 37.5 Å². The molecule has 2 atom stereocenters. The van der Waals surface area contributed by atoms with Gasteiger partial charge in [-0.05, 0) is 29.5 Å². The summed E-state index contributed by atoms with van der Waals surface area (Å²) in [5, 5.41) is 17.4.